The average Bonchev–Trinajstić information content (AvgIpc) is 2.40. The van der Waals surface area contributed by atoms with Crippen LogP contribution in [0, 0.1) is 0 Å². The standard InChI is InChI=1S/C13H16F3N3O2.ClH/c1-7-9(3-2-6-17-7)18-11(20)8-4-5-10(13(14,15)16)19-12(8)21;/h4-5,7,9,17H,2-3,6H2,1H3,(H,18,20)(H,19,21);1H. The summed E-state index contributed by atoms with van der Waals surface area (Å²) >= 11 is 0. The number of nitrogens with one attached hydrogen (secondary N) is 3. The maximum Gasteiger partial charge on any atom is 0.431 e. The van der Waals surface area contributed by atoms with Crippen LogP contribution < -0.4 is 16.2 Å². The fourth-order valence-corrected chi connectivity index (χ4v) is 2.31. The first-order chi connectivity index (χ1) is 9.79. The Morgan fingerprint density at radius 3 is 2.59 bits per heavy atom. The lowest BCUT2D eigenvalue weighted by Crippen LogP contribution is -2.52. The molecule has 2 unspecified atom stereocenters. The number of pyridine rings is 1. The van der Waals surface area contributed by atoms with Crippen LogP contribution in [0.5, 0.6) is 0 Å². The lowest BCUT2D eigenvalue weighted by Gasteiger charge is -2.30. The molecule has 2 rings (SSSR count). The van der Waals surface area contributed by atoms with E-state index in [1.165, 1.54) is 0 Å². The summed E-state index contributed by atoms with van der Waals surface area (Å²) < 4.78 is 37.3. The Morgan fingerprint density at radius 1 is 1.36 bits per heavy atom. The Labute approximate surface area is 131 Å². The molecule has 22 heavy (non-hydrogen) atoms. The number of aromatic amines is 1. The zero-order chi connectivity index (χ0) is 15.6. The van der Waals surface area contributed by atoms with Crippen molar-refractivity contribution in [2.45, 2.75) is 38.0 Å². The zero-order valence-corrected chi connectivity index (χ0v) is 12.6. The van der Waals surface area contributed by atoms with Gasteiger partial charge in [0.1, 0.15) is 11.3 Å². The van der Waals surface area contributed by atoms with E-state index < -0.39 is 23.3 Å². The second-order valence-corrected chi connectivity index (χ2v) is 5.08. The first-order valence-corrected chi connectivity index (χ1v) is 6.64. The molecule has 3 N–H and O–H groups in total. The van der Waals surface area contributed by atoms with Crippen molar-refractivity contribution in [1.82, 2.24) is 15.6 Å². The lowest BCUT2D eigenvalue weighted by atomic mass is 9.99. The quantitative estimate of drug-likeness (QED) is 0.767. The topological polar surface area (TPSA) is 74.0 Å². The monoisotopic (exact) mass is 339 g/mol. The number of piperidine rings is 1. The second kappa shape index (κ2) is 7.15. The predicted molar refractivity (Wildman–Crippen MR) is 77.3 cm³/mol. The van der Waals surface area contributed by atoms with Crippen molar-refractivity contribution in [1.29, 1.82) is 0 Å². The van der Waals surface area contributed by atoms with E-state index >= 15 is 0 Å². The normalized spacial score (nSPS) is 21.8. The van der Waals surface area contributed by atoms with Gasteiger partial charge in [-0.05, 0) is 38.4 Å². The minimum atomic E-state index is -4.64. The highest BCUT2D eigenvalue weighted by Crippen LogP contribution is 2.26. The van der Waals surface area contributed by atoms with E-state index in [9.17, 15) is 22.8 Å². The third kappa shape index (κ3) is 4.23. The minimum Gasteiger partial charge on any atom is -0.348 e. The van der Waals surface area contributed by atoms with E-state index in [4.69, 9.17) is 0 Å². The molecule has 1 aliphatic rings. The van der Waals surface area contributed by atoms with E-state index in [0.29, 0.717) is 6.07 Å². The molecule has 0 aromatic carbocycles. The molecule has 0 spiro atoms. The van der Waals surface area contributed by atoms with E-state index in [0.717, 1.165) is 25.5 Å². The summed E-state index contributed by atoms with van der Waals surface area (Å²) in [6.45, 7) is 2.76. The SMILES string of the molecule is CC1NCCCC1NC(=O)c1ccc(C(F)(F)F)[nH]c1=O.Cl. The molecule has 1 saturated heterocycles. The smallest absolute Gasteiger partial charge is 0.348 e. The van der Waals surface area contributed by atoms with Crippen LogP contribution in [0.25, 0.3) is 0 Å². The van der Waals surface area contributed by atoms with E-state index in [-0.39, 0.29) is 30.1 Å². The first kappa shape index (κ1) is 18.5. The summed E-state index contributed by atoms with van der Waals surface area (Å²) in [6.07, 6.45) is -2.99. The summed E-state index contributed by atoms with van der Waals surface area (Å²) in [7, 11) is 0. The molecule has 2 atom stereocenters. The summed E-state index contributed by atoms with van der Waals surface area (Å²) in [5, 5.41) is 5.86. The average molecular weight is 340 g/mol. The molecule has 0 bridgehead atoms. The molecule has 124 valence electrons. The number of hydrogen-bond donors (Lipinski definition) is 3. The Hall–Kier alpha value is -1.54. The lowest BCUT2D eigenvalue weighted by molar-refractivity contribution is -0.141. The van der Waals surface area contributed by atoms with Crippen molar-refractivity contribution in [3.8, 4) is 0 Å². The van der Waals surface area contributed by atoms with Gasteiger partial charge in [-0.25, -0.2) is 0 Å². The Balaban J connectivity index is 0.00000242. The number of aromatic nitrogens is 1. The molecule has 0 aliphatic carbocycles. The summed E-state index contributed by atoms with van der Waals surface area (Å²) in [5.41, 5.74) is -2.53. The Bertz CT molecular complexity index is 589. The number of rotatable bonds is 2. The third-order valence-corrected chi connectivity index (χ3v) is 3.54. The van der Waals surface area contributed by atoms with E-state index in [2.05, 4.69) is 10.6 Å². The van der Waals surface area contributed by atoms with E-state index in [1.807, 2.05) is 6.92 Å². The minimum absolute atomic E-state index is 0. The van der Waals surface area contributed by atoms with Crippen LogP contribution in [-0.4, -0.2) is 29.5 Å². The molecule has 1 amide bonds. The molecule has 1 aromatic heterocycles. The number of alkyl halides is 3. The van der Waals surface area contributed by atoms with Gasteiger partial charge in [0.15, 0.2) is 0 Å². The molecule has 5 nitrogen and oxygen atoms in total. The van der Waals surface area contributed by atoms with Gasteiger partial charge in [-0.1, -0.05) is 0 Å². The zero-order valence-electron chi connectivity index (χ0n) is 11.8. The molecular formula is C13H17ClF3N3O2. The van der Waals surface area contributed by atoms with Crippen LogP contribution in [0.15, 0.2) is 16.9 Å². The maximum atomic E-state index is 12.4. The number of carbonyl (C=O) groups excluding carboxylic acids is 1. The molecule has 2 heterocycles. The number of amides is 1. The molecule has 1 fully saturated rings. The Morgan fingerprint density at radius 2 is 2.05 bits per heavy atom. The van der Waals surface area contributed by atoms with Crippen molar-refractivity contribution in [3.05, 3.63) is 33.7 Å². The number of halogens is 4. The number of H-pyrrole nitrogens is 1. The molecule has 1 aromatic rings. The van der Waals surface area contributed by atoms with Gasteiger partial charge in [-0.2, -0.15) is 13.2 Å². The fourth-order valence-electron chi connectivity index (χ4n) is 2.31. The van der Waals surface area contributed by atoms with Crippen LogP contribution in [0.1, 0.15) is 35.8 Å². The van der Waals surface area contributed by atoms with Crippen LogP contribution in [0.2, 0.25) is 0 Å². The van der Waals surface area contributed by atoms with Gasteiger partial charge < -0.3 is 15.6 Å². The van der Waals surface area contributed by atoms with Gasteiger partial charge in [-0.3, -0.25) is 9.59 Å². The van der Waals surface area contributed by atoms with Crippen molar-refractivity contribution >= 4 is 18.3 Å². The van der Waals surface area contributed by atoms with Crippen LogP contribution in [-0.2, 0) is 6.18 Å². The number of hydrogen-bond acceptors (Lipinski definition) is 3. The van der Waals surface area contributed by atoms with Crippen LogP contribution in [0.4, 0.5) is 13.2 Å². The highest BCUT2D eigenvalue weighted by atomic mass is 35.5. The highest BCUT2D eigenvalue weighted by Gasteiger charge is 2.32. The van der Waals surface area contributed by atoms with Crippen LogP contribution >= 0.6 is 12.4 Å². The van der Waals surface area contributed by atoms with Gasteiger partial charge >= 0.3 is 6.18 Å². The van der Waals surface area contributed by atoms with Gasteiger partial charge in [0, 0.05) is 12.1 Å². The number of carbonyl (C=O) groups is 1. The van der Waals surface area contributed by atoms with Crippen molar-refractivity contribution in [3.63, 3.8) is 0 Å². The fraction of sp³-hybridized carbons (Fsp3) is 0.538. The molecule has 1 aliphatic heterocycles. The Kier molecular flexibility index (Phi) is 6.01. The first-order valence-electron chi connectivity index (χ1n) is 6.64. The molecule has 0 radical (unpaired) electrons. The van der Waals surface area contributed by atoms with Gasteiger partial charge in [-0.15, -0.1) is 12.4 Å². The van der Waals surface area contributed by atoms with Gasteiger partial charge in [0.25, 0.3) is 11.5 Å². The van der Waals surface area contributed by atoms with Crippen molar-refractivity contribution < 1.29 is 18.0 Å². The highest BCUT2D eigenvalue weighted by molar-refractivity contribution is 5.94. The van der Waals surface area contributed by atoms with Crippen molar-refractivity contribution in [2.75, 3.05) is 6.54 Å². The van der Waals surface area contributed by atoms with Crippen molar-refractivity contribution in [2.24, 2.45) is 0 Å². The van der Waals surface area contributed by atoms with Crippen LogP contribution in [0.3, 0.4) is 0 Å². The molecule has 0 saturated carbocycles. The summed E-state index contributed by atoms with van der Waals surface area (Å²) in [5.74, 6) is -0.662. The largest absolute Gasteiger partial charge is 0.431 e. The second-order valence-electron chi connectivity index (χ2n) is 5.08. The maximum absolute atomic E-state index is 12.4. The predicted octanol–water partition coefficient (Wildman–Crippen LogP) is 1.69. The van der Waals surface area contributed by atoms with Gasteiger partial charge in [0.05, 0.1) is 0 Å². The summed E-state index contributed by atoms with van der Waals surface area (Å²) in [4.78, 5) is 25.3. The van der Waals surface area contributed by atoms with Gasteiger partial charge in [0.2, 0.25) is 0 Å². The third-order valence-electron chi connectivity index (χ3n) is 3.54. The summed E-state index contributed by atoms with van der Waals surface area (Å²) in [6, 6.07) is 1.50. The molecule has 9 heteroatoms. The molecular weight excluding hydrogens is 323 g/mol. The van der Waals surface area contributed by atoms with E-state index in [1.54, 1.807) is 4.98 Å².